The smallest absolute Gasteiger partial charge is 0.411 e. The molecular formula is C19H27N2O3+. The van der Waals surface area contributed by atoms with E-state index in [9.17, 15) is 4.79 Å². The Bertz CT molecular complexity index is 588. The first-order chi connectivity index (χ1) is 11.8. The number of fused-ring (bicyclic) bond motifs is 1. The van der Waals surface area contributed by atoms with E-state index in [1.807, 2.05) is 23.1 Å². The summed E-state index contributed by atoms with van der Waals surface area (Å²) in [5.74, 6) is 0.822. The van der Waals surface area contributed by atoms with Crippen LogP contribution < -0.4 is 5.32 Å². The SMILES string of the molecule is COCC1C[NH2+]CC2(C3CCC3)C1OC(=O)N2Cc1ccccc1. The number of benzene rings is 1. The van der Waals surface area contributed by atoms with Gasteiger partial charge in [0.1, 0.15) is 18.2 Å². The van der Waals surface area contributed by atoms with Gasteiger partial charge in [-0.05, 0) is 24.3 Å². The van der Waals surface area contributed by atoms with Crippen LogP contribution >= 0.6 is 0 Å². The topological polar surface area (TPSA) is 55.4 Å². The molecule has 1 amide bonds. The van der Waals surface area contributed by atoms with Crippen LogP contribution in [-0.2, 0) is 16.0 Å². The lowest BCUT2D eigenvalue weighted by Gasteiger charge is -2.50. The minimum atomic E-state index is -0.174. The number of quaternary nitrogens is 1. The third kappa shape index (κ3) is 2.42. The highest BCUT2D eigenvalue weighted by Crippen LogP contribution is 2.48. The Morgan fingerprint density at radius 1 is 1.33 bits per heavy atom. The molecule has 3 atom stereocenters. The van der Waals surface area contributed by atoms with Gasteiger partial charge in [0.25, 0.3) is 0 Å². The zero-order valence-electron chi connectivity index (χ0n) is 14.3. The predicted octanol–water partition coefficient (Wildman–Crippen LogP) is 1.39. The molecule has 130 valence electrons. The number of carbonyl (C=O) groups is 1. The molecule has 5 heteroatoms. The number of amides is 1. The van der Waals surface area contributed by atoms with Crippen LogP contribution in [0, 0.1) is 11.8 Å². The number of rotatable bonds is 5. The van der Waals surface area contributed by atoms with Crippen LogP contribution in [0.25, 0.3) is 0 Å². The molecule has 2 saturated heterocycles. The van der Waals surface area contributed by atoms with E-state index in [1.165, 1.54) is 24.8 Å². The van der Waals surface area contributed by atoms with Crippen molar-refractivity contribution < 1.29 is 19.6 Å². The molecule has 3 unspecified atom stereocenters. The van der Waals surface area contributed by atoms with Gasteiger partial charge in [-0.1, -0.05) is 36.8 Å². The summed E-state index contributed by atoms with van der Waals surface area (Å²) >= 11 is 0. The molecule has 0 spiro atoms. The van der Waals surface area contributed by atoms with Crippen molar-refractivity contribution in [3.8, 4) is 0 Å². The Hall–Kier alpha value is -1.59. The lowest BCUT2D eigenvalue weighted by atomic mass is 9.64. The molecule has 1 saturated carbocycles. The Labute approximate surface area is 143 Å². The molecule has 3 fully saturated rings. The highest BCUT2D eigenvalue weighted by atomic mass is 16.6. The first-order valence-corrected chi connectivity index (χ1v) is 9.08. The Balaban J connectivity index is 1.67. The molecule has 4 rings (SSSR count). The molecule has 2 N–H and O–H groups in total. The fraction of sp³-hybridized carbons (Fsp3) is 0.632. The molecule has 0 aromatic heterocycles. The maximum atomic E-state index is 12.8. The summed E-state index contributed by atoms with van der Waals surface area (Å²) in [4.78, 5) is 14.8. The van der Waals surface area contributed by atoms with Crippen molar-refractivity contribution in [3.05, 3.63) is 35.9 Å². The monoisotopic (exact) mass is 331 g/mol. The second-order valence-electron chi connectivity index (χ2n) is 7.44. The van der Waals surface area contributed by atoms with E-state index in [4.69, 9.17) is 9.47 Å². The van der Waals surface area contributed by atoms with E-state index in [-0.39, 0.29) is 23.7 Å². The maximum absolute atomic E-state index is 12.8. The van der Waals surface area contributed by atoms with Crippen molar-refractivity contribution in [2.24, 2.45) is 11.8 Å². The third-order valence-corrected chi connectivity index (χ3v) is 6.19. The van der Waals surface area contributed by atoms with Crippen molar-refractivity contribution in [1.82, 2.24) is 4.90 Å². The second kappa shape index (κ2) is 6.37. The molecule has 1 aromatic rings. The van der Waals surface area contributed by atoms with E-state index in [0.717, 1.165) is 13.1 Å². The van der Waals surface area contributed by atoms with E-state index >= 15 is 0 Å². The zero-order valence-corrected chi connectivity index (χ0v) is 14.3. The van der Waals surface area contributed by atoms with E-state index in [1.54, 1.807) is 7.11 Å². The lowest BCUT2D eigenvalue weighted by Crippen LogP contribution is -2.96. The molecule has 0 bridgehead atoms. The summed E-state index contributed by atoms with van der Waals surface area (Å²) in [5.41, 5.74) is 0.995. The number of carbonyl (C=O) groups excluding carboxylic acids is 1. The highest BCUT2D eigenvalue weighted by Gasteiger charge is 2.65. The average Bonchev–Trinajstić information content (AvgIpc) is 2.81. The molecule has 2 heterocycles. The fourth-order valence-electron chi connectivity index (χ4n) is 4.86. The predicted molar refractivity (Wildman–Crippen MR) is 89.4 cm³/mol. The Kier molecular flexibility index (Phi) is 4.22. The lowest BCUT2D eigenvalue weighted by molar-refractivity contribution is -0.684. The number of methoxy groups -OCH3 is 1. The molecule has 2 aliphatic heterocycles. The zero-order chi connectivity index (χ0) is 16.6. The van der Waals surface area contributed by atoms with Crippen LogP contribution in [0.15, 0.2) is 30.3 Å². The van der Waals surface area contributed by atoms with E-state index in [0.29, 0.717) is 19.1 Å². The molecule has 5 nitrogen and oxygen atoms in total. The summed E-state index contributed by atoms with van der Waals surface area (Å²) in [6.07, 6.45) is 3.48. The summed E-state index contributed by atoms with van der Waals surface area (Å²) in [6, 6.07) is 10.3. The first kappa shape index (κ1) is 15.9. The number of hydrogen-bond donors (Lipinski definition) is 1. The summed E-state index contributed by atoms with van der Waals surface area (Å²) < 4.78 is 11.4. The largest absolute Gasteiger partial charge is 0.443 e. The average molecular weight is 331 g/mol. The molecule has 24 heavy (non-hydrogen) atoms. The van der Waals surface area contributed by atoms with Gasteiger partial charge in [-0.2, -0.15) is 0 Å². The third-order valence-electron chi connectivity index (χ3n) is 6.19. The molecule has 1 aromatic carbocycles. The number of nitrogens with two attached hydrogens (primary N) is 1. The van der Waals surface area contributed by atoms with Crippen LogP contribution in [-0.4, -0.2) is 49.4 Å². The van der Waals surface area contributed by atoms with Gasteiger partial charge in [0.05, 0.1) is 25.6 Å². The van der Waals surface area contributed by atoms with Gasteiger partial charge < -0.3 is 14.8 Å². The number of hydrogen-bond acceptors (Lipinski definition) is 3. The first-order valence-electron chi connectivity index (χ1n) is 9.08. The van der Waals surface area contributed by atoms with Crippen molar-refractivity contribution >= 4 is 6.09 Å². The summed E-state index contributed by atoms with van der Waals surface area (Å²) in [6.45, 7) is 3.21. The Morgan fingerprint density at radius 2 is 2.12 bits per heavy atom. The van der Waals surface area contributed by atoms with Crippen LogP contribution in [0.5, 0.6) is 0 Å². The minimum absolute atomic E-state index is 0.0380. The number of nitrogens with zero attached hydrogens (tertiary/aromatic N) is 1. The van der Waals surface area contributed by atoms with Gasteiger partial charge in [-0.3, -0.25) is 4.90 Å². The van der Waals surface area contributed by atoms with Crippen molar-refractivity contribution in [2.45, 2.75) is 37.5 Å². The standard InChI is InChI=1S/C19H26N2O3/c1-23-12-15-10-20-13-19(16-8-5-9-16)17(15)24-18(22)21(19)11-14-6-3-2-4-7-14/h2-4,6-7,15-17,20H,5,8-13H2,1H3/p+1. The summed E-state index contributed by atoms with van der Waals surface area (Å²) in [5, 5.41) is 2.36. The van der Waals surface area contributed by atoms with Crippen molar-refractivity contribution in [1.29, 1.82) is 0 Å². The second-order valence-corrected chi connectivity index (χ2v) is 7.44. The van der Waals surface area contributed by atoms with Gasteiger partial charge in [-0.25, -0.2) is 4.79 Å². The van der Waals surface area contributed by atoms with Crippen molar-refractivity contribution in [3.63, 3.8) is 0 Å². The van der Waals surface area contributed by atoms with E-state index < -0.39 is 0 Å². The maximum Gasteiger partial charge on any atom is 0.411 e. The molecule has 3 aliphatic rings. The minimum Gasteiger partial charge on any atom is -0.443 e. The van der Waals surface area contributed by atoms with E-state index in [2.05, 4.69) is 17.4 Å². The van der Waals surface area contributed by atoms with Gasteiger partial charge in [0.2, 0.25) is 0 Å². The molecule has 0 radical (unpaired) electrons. The van der Waals surface area contributed by atoms with Gasteiger partial charge in [-0.15, -0.1) is 0 Å². The summed E-state index contributed by atoms with van der Waals surface area (Å²) in [7, 11) is 1.73. The molecular weight excluding hydrogens is 304 g/mol. The quantitative estimate of drug-likeness (QED) is 0.887. The molecule has 1 aliphatic carbocycles. The van der Waals surface area contributed by atoms with Gasteiger partial charge in [0, 0.05) is 7.11 Å². The van der Waals surface area contributed by atoms with Crippen LogP contribution in [0.3, 0.4) is 0 Å². The van der Waals surface area contributed by atoms with Gasteiger partial charge in [0.15, 0.2) is 0 Å². The van der Waals surface area contributed by atoms with Crippen LogP contribution in [0.1, 0.15) is 24.8 Å². The Morgan fingerprint density at radius 3 is 2.79 bits per heavy atom. The highest BCUT2D eigenvalue weighted by molar-refractivity contribution is 5.72. The van der Waals surface area contributed by atoms with Crippen LogP contribution in [0.4, 0.5) is 4.79 Å². The number of ether oxygens (including phenoxy) is 2. The number of piperidine rings is 1. The van der Waals surface area contributed by atoms with Crippen molar-refractivity contribution in [2.75, 3.05) is 26.8 Å². The van der Waals surface area contributed by atoms with Gasteiger partial charge >= 0.3 is 6.09 Å². The van der Waals surface area contributed by atoms with Crippen LogP contribution in [0.2, 0.25) is 0 Å². The normalized spacial score (nSPS) is 33.0. The fourth-order valence-corrected chi connectivity index (χ4v) is 4.86.